The first-order valence-corrected chi connectivity index (χ1v) is 7.79. The second kappa shape index (κ2) is 5.54. The monoisotopic (exact) mass is 293 g/mol. The van der Waals surface area contributed by atoms with Gasteiger partial charge in [0.05, 0.1) is 6.54 Å². The van der Waals surface area contributed by atoms with Gasteiger partial charge in [-0.15, -0.1) is 0 Å². The Hall–Kier alpha value is -2.20. The highest BCUT2D eigenvalue weighted by Gasteiger charge is 2.24. The summed E-state index contributed by atoms with van der Waals surface area (Å²) in [6.07, 6.45) is 4.07. The number of nitrogens with zero attached hydrogens (tertiary/aromatic N) is 3. The fourth-order valence-electron chi connectivity index (χ4n) is 3.04. The molecule has 1 aromatic carbocycles. The van der Waals surface area contributed by atoms with Gasteiger partial charge < -0.3 is 9.30 Å². The molecule has 2 aromatic heterocycles. The maximum absolute atomic E-state index is 5.85. The van der Waals surface area contributed by atoms with Gasteiger partial charge in [0, 0.05) is 12.8 Å². The third-order valence-electron chi connectivity index (χ3n) is 4.21. The summed E-state index contributed by atoms with van der Waals surface area (Å²) >= 11 is 0. The van der Waals surface area contributed by atoms with Crippen LogP contribution in [0.25, 0.3) is 11.2 Å². The number of ether oxygens (including phenoxy) is 1. The van der Waals surface area contributed by atoms with Crippen molar-refractivity contribution in [2.24, 2.45) is 0 Å². The fourth-order valence-corrected chi connectivity index (χ4v) is 3.04. The van der Waals surface area contributed by atoms with Crippen molar-refractivity contribution in [2.45, 2.75) is 32.4 Å². The zero-order valence-electron chi connectivity index (χ0n) is 12.7. The van der Waals surface area contributed by atoms with Gasteiger partial charge in [0.2, 0.25) is 0 Å². The van der Waals surface area contributed by atoms with E-state index in [1.54, 1.807) is 0 Å². The summed E-state index contributed by atoms with van der Waals surface area (Å²) in [5.74, 6) is 1.01. The van der Waals surface area contributed by atoms with Gasteiger partial charge in [0.15, 0.2) is 5.65 Å². The number of aryl methyl sites for hydroxylation is 1. The summed E-state index contributed by atoms with van der Waals surface area (Å²) < 4.78 is 8.06. The van der Waals surface area contributed by atoms with Crippen LogP contribution >= 0.6 is 0 Å². The average molecular weight is 293 g/mol. The molecule has 0 N–H and O–H groups in total. The van der Waals surface area contributed by atoms with Crippen LogP contribution in [0, 0.1) is 6.92 Å². The highest BCUT2D eigenvalue weighted by Crippen LogP contribution is 2.30. The molecule has 3 heterocycles. The summed E-state index contributed by atoms with van der Waals surface area (Å²) in [5.41, 5.74) is 4.42. The Morgan fingerprint density at radius 3 is 2.86 bits per heavy atom. The molecule has 1 fully saturated rings. The standard InChI is InChI=1S/C18H19N3O/c1-13-6-8-14(9-7-13)12-21-17-15(4-2-10-19-17)20-18(21)16-5-3-11-22-16/h2,4,6-10,16H,3,5,11-12H2,1H3. The molecule has 112 valence electrons. The van der Waals surface area contributed by atoms with Crippen molar-refractivity contribution in [3.8, 4) is 0 Å². The quantitative estimate of drug-likeness (QED) is 0.740. The second-order valence-electron chi connectivity index (χ2n) is 5.89. The van der Waals surface area contributed by atoms with Crippen molar-refractivity contribution in [3.63, 3.8) is 0 Å². The van der Waals surface area contributed by atoms with E-state index < -0.39 is 0 Å². The maximum Gasteiger partial charge on any atom is 0.160 e. The molecule has 22 heavy (non-hydrogen) atoms. The Morgan fingerprint density at radius 2 is 2.09 bits per heavy atom. The van der Waals surface area contributed by atoms with Crippen molar-refractivity contribution < 1.29 is 4.74 Å². The smallest absolute Gasteiger partial charge is 0.160 e. The number of aromatic nitrogens is 3. The summed E-state index contributed by atoms with van der Waals surface area (Å²) in [4.78, 5) is 9.32. The van der Waals surface area contributed by atoms with Crippen LogP contribution in [0.2, 0.25) is 0 Å². The lowest BCUT2D eigenvalue weighted by Crippen LogP contribution is -2.10. The minimum atomic E-state index is 0.0969. The molecule has 0 bridgehead atoms. The fraction of sp³-hybridized carbons (Fsp3) is 0.333. The molecule has 1 unspecified atom stereocenters. The molecule has 1 aliphatic rings. The molecule has 1 atom stereocenters. The van der Waals surface area contributed by atoms with Crippen LogP contribution in [0.5, 0.6) is 0 Å². The number of benzene rings is 1. The molecule has 0 spiro atoms. The van der Waals surface area contributed by atoms with Gasteiger partial charge in [-0.2, -0.15) is 0 Å². The molecule has 3 aromatic rings. The van der Waals surface area contributed by atoms with Crippen LogP contribution in [0.4, 0.5) is 0 Å². The number of imidazole rings is 1. The molecule has 0 saturated carbocycles. The Labute approximate surface area is 129 Å². The van der Waals surface area contributed by atoms with E-state index in [1.165, 1.54) is 11.1 Å². The zero-order chi connectivity index (χ0) is 14.9. The van der Waals surface area contributed by atoms with Crippen molar-refractivity contribution in [1.29, 1.82) is 0 Å². The molecule has 0 amide bonds. The molecule has 4 nitrogen and oxygen atoms in total. The van der Waals surface area contributed by atoms with Crippen LogP contribution in [0.15, 0.2) is 42.6 Å². The van der Waals surface area contributed by atoms with Gasteiger partial charge in [-0.25, -0.2) is 9.97 Å². The van der Waals surface area contributed by atoms with Gasteiger partial charge in [-0.1, -0.05) is 29.8 Å². The van der Waals surface area contributed by atoms with Crippen molar-refractivity contribution in [1.82, 2.24) is 14.5 Å². The summed E-state index contributed by atoms with van der Waals surface area (Å²) in [7, 11) is 0. The lowest BCUT2D eigenvalue weighted by molar-refractivity contribution is 0.103. The zero-order valence-corrected chi connectivity index (χ0v) is 12.7. The second-order valence-corrected chi connectivity index (χ2v) is 5.89. The average Bonchev–Trinajstić information content (AvgIpc) is 3.18. The lowest BCUT2D eigenvalue weighted by atomic mass is 10.1. The minimum absolute atomic E-state index is 0.0969. The van der Waals surface area contributed by atoms with E-state index >= 15 is 0 Å². The Kier molecular flexibility index (Phi) is 3.39. The Morgan fingerprint density at radius 1 is 1.23 bits per heavy atom. The highest BCUT2D eigenvalue weighted by atomic mass is 16.5. The van der Waals surface area contributed by atoms with E-state index in [4.69, 9.17) is 9.72 Å². The molecule has 0 aliphatic carbocycles. The van der Waals surface area contributed by atoms with E-state index in [0.717, 1.165) is 43.0 Å². The topological polar surface area (TPSA) is 39.9 Å². The molecule has 1 saturated heterocycles. The molecule has 4 rings (SSSR count). The summed E-state index contributed by atoms with van der Waals surface area (Å²) in [6, 6.07) is 12.6. The normalized spacial score (nSPS) is 18.1. The van der Waals surface area contributed by atoms with E-state index in [2.05, 4.69) is 40.7 Å². The third-order valence-corrected chi connectivity index (χ3v) is 4.21. The van der Waals surface area contributed by atoms with Crippen molar-refractivity contribution in [3.05, 3.63) is 59.5 Å². The predicted octanol–water partition coefficient (Wildman–Crippen LogP) is 3.64. The summed E-state index contributed by atoms with van der Waals surface area (Å²) in [5, 5.41) is 0. The summed E-state index contributed by atoms with van der Waals surface area (Å²) in [6.45, 7) is 3.71. The van der Waals surface area contributed by atoms with Gasteiger partial charge in [0.1, 0.15) is 17.4 Å². The predicted molar refractivity (Wildman–Crippen MR) is 85.7 cm³/mol. The van der Waals surface area contributed by atoms with Crippen LogP contribution < -0.4 is 0 Å². The third kappa shape index (κ3) is 2.40. The number of hydrogen-bond donors (Lipinski definition) is 0. The van der Waals surface area contributed by atoms with Crippen LogP contribution in [0.1, 0.15) is 35.9 Å². The van der Waals surface area contributed by atoms with Gasteiger partial charge in [0.25, 0.3) is 0 Å². The van der Waals surface area contributed by atoms with Crippen LogP contribution in [-0.4, -0.2) is 21.1 Å². The first-order chi connectivity index (χ1) is 10.8. The van der Waals surface area contributed by atoms with Gasteiger partial charge in [-0.3, -0.25) is 0 Å². The molecule has 0 radical (unpaired) electrons. The van der Waals surface area contributed by atoms with Crippen LogP contribution in [0.3, 0.4) is 0 Å². The highest BCUT2D eigenvalue weighted by molar-refractivity contribution is 5.71. The number of rotatable bonds is 3. The molecular weight excluding hydrogens is 274 g/mol. The van der Waals surface area contributed by atoms with E-state index in [0.29, 0.717) is 0 Å². The molecule has 1 aliphatic heterocycles. The van der Waals surface area contributed by atoms with Crippen molar-refractivity contribution in [2.75, 3.05) is 6.61 Å². The first-order valence-electron chi connectivity index (χ1n) is 7.79. The maximum atomic E-state index is 5.85. The minimum Gasteiger partial charge on any atom is -0.370 e. The number of fused-ring (bicyclic) bond motifs is 1. The number of pyridine rings is 1. The molecule has 4 heteroatoms. The first kappa shape index (κ1) is 13.5. The van der Waals surface area contributed by atoms with Crippen molar-refractivity contribution >= 4 is 11.2 Å². The Balaban J connectivity index is 1.79. The van der Waals surface area contributed by atoms with Gasteiger partial charge in [-0.05, 0) is 37.5 Å². The van der Waals surface area contributed by atoms with E-state index in [9.17, 15) is 0 Å². The largest absolute Gasteiger partial charge is 0.370 e. The molecular formula is C18H19N3O. The SMILES string of the molecule is Cc1ccc(Cn2c(C3CCCO3)nc3cccnc32)cc1. The van der Waals surface area contributed by atoms with Gasteiger partial charge >= 0.3 is 0 Å². The number of hydrogen-bond acceptors (Lipinski definition) is 3. The van der Waals surface area contributed by atoms with E-state index in [1.807, 2.05) is 18.3 Å². The Bertz CT molecular complexity index is 786. The van der Waals surface area contributed by atoms with Crippen LogP contribution in [-0.2, 0) is 11.3 Å². The lowest BCUT2D eigenvalue weighted by Gasteiger charge is -2.13. The van der Waals surface area contributed by atoms with E-state index in [-0.39, 0.29) is 6.10 Å².